The highest BCUT2D eigenvalue weighted by Gasteiger charge is 2.10. The average Bonchev–Trinajstić information content (AvgIpc) is 2.32. The highest BCUT2D eigenvalue weighted by Crippen LogP contribution is 2.22. The lowest BCUT2D eigenvalue weighted by atomic mass is 10.2. The van der Waals surface area contributed by atoms with E-state index in [0.717, 1.165) is 16.0 Å². The Hall–Kier alpha value is -1.61. The maximum Gasteiger partial charge on any atom is 0.0623 e. The standard InChI is InChI=1S/C15H17NOS/c1-11-5-3-7-13(9-11)10-18(17)14-8-4-6-12(2)15(14)16/h3-9H,10,16H2,1-2H3. The molecule has 0 aliphatic rings. The molecule has 0 aromatic heterocycles. The topological polar surface area (TPSA) is 43.1 Å². The predicted molar refractivity (Wildman–Crippen MR) is 76.9 cm³/mol. The van der Waals surface area contributed by atoms with Crippen LogP contribution in [0.15, 0.2) is 47.4 Å². The minimum absolute atomic E-state index is 0.509. The number of para-hydroxylation sites is 1. The summed E-state index contributed by atoms with van der Waals surface area (Å²) in [6.07, 6.45) is 0. The number of rotatable bonds is 3. The summed E-state index contributed by atoms with van der Waals surface area (Å²) in [7, 11) is -1.09. The van der Waals surface area contributed by atoms with Crippen molar-refractivity contribution >= 4 is 16.5 Å². The van der Waals surface area contributed by atoms with Gasteiger partial charge in [0.25, 0.3) is 0 Å². The Balaban J connectivity index is 2.25. The molecule has 0 heterocycles. The van der Waals surface area contributed by atoms with Crippen molar-refractivity contribution in [2.45, 2.75) is 24.5 Å². The first kappa shape index (κ1) is 12.8. The van der Waals surface area contributed by atoms with Crippen molar-refractivity contribution in [3.63, 3.8) is 0 Å². The fourth-order valence-corrected chi connectivity index (χ4v) is 3.16. The molecule has 0 spiro atoms. The van der Waals surface area contributed by atoms with Gasteiger partial charge in [0, 0.05) is 0 Å². The number of nitrogen functional groups attached to an aromatic ring is 1. The first-order valence-corrected chi connectivity index (χ1v) is 7.19. The molecule has 3 heteroatoms. The molecule has 0 saturated heterocycles. The SMILES string of the molecule is Cc1cccc(CS(=O)c2cccc(C)c2N)c1. The van der Waals surface area contributed by atoms with Crippen molar-refractivity contribution in [3.8, 4) is 0 Å². The monoisotopic (exact) mass is 259 g/mol. The Morgan fingerprint density at radius 3 is 2.56 bits per heavy atom. The zero-order chi connectivity index (χ0) is 13.1. The molecule has 1 unspecified atom stereocenters. The van der Waals surface area contributed by atoms with Crippen molar-refractivity contribution in [2.75, 3.05) is 5.73 Å². The fourth-order valence-electron chi connectivity index (χ4n) is 1.88. The van der Waals surface area contributed by atoms with Crippen LogP contribution in [0, 0.1) is 13.8 Å². The second-order valence-electron chi connectivity index (χ2n) is 4.47. The molecular weight excluding hydrogens is 242 g/mol. The molecule has 2 nitrogen and oxygen atoms in total. The third kappa shape index (κ3) is 2.79. The number of nitrogens with two attached hydrogens (primary N) is 1. The summed E-state index contributed by atoms with van der Waals surface area (Å²) in [6.45, 7) is 3.97. The molecule has 2 rings (SSSR count). The van der Waals surface area contributed by atoms with Crippen LogP contribution in [-0.2, 0) is 16.6 Å². The van der Waals surface area contributed by atoms with E-state index in [4.69, 9.17) is 5.73 Å². The van der Waals surface area contributed by atoms with Gasteiger partial charge in [-0.05, 0) is 31.0 Å². The lowest BCUT2D eigenvalue weighted by Crippen LogP contribution is -2.02. The van der Waals surface area contributed by atoms with E-state index in [9.17, 15) is 4.21 Å². The average molecular weight is 259 g/mol. The van der Waals surface area contributed by atoms with E-state index < -0.39 is 10.8 Å². The first-order valence-electron chi connectivity index (χ1n) is 5.87. The van der Waals surface area contributed by atoms with E-state index in [1.54, 1.807) is 0 Å². The quantitative estimate of drug-likeness (QED) is 0.860. The fraction of sp³-hybridized carbons (Fsp3) is 0.200. The van der Waals surface area contributed by atoms with Gasteiger partial charge in [0.05, 0.1) is 27.1 Å². The molecular formula is C15H17NOS. The highest BCUT2D eigenvalue weighted by atomic mass is 32.2. The number of benzene rings is 2. The van der Waals surface area contributed by atoms with Crippen LogP contribution in [0.3, 0.4) is 0 Å². The summed E-state index contributed by atoms with van der Waals surface area (Å²) < 4.78 is 12.3. The van der Waals surface area contributed by atoms with Crippen LogP contribution in [0.5, 0.6) is 0 Å². The van der Waals surface area contributed by atoms with E-state index >= 15 is 0 Å². The molecule has 18 heavy (non-hydrogen) atoms. The summed E-state index contributed by atoms with van der Waals surface area (Å²) in [5.41, 5.74) is 9.85. The van der Waals surface area contributed by atoms with Gasteiger partial charge in [0.2, 0.25) is 0 Å². The zero-order valence-electron chi connectivity index (χ0n) is 10.6. The third-order valence-electron chi connectivity index (χ3n) is 2.91. The second-order valence-corrected chi connectivity index (χ2v) is 5.89. The number of hydrogen-bond acceptors (Lipinski definition) is 2. The normalized spacial score (nSPS) is 12.3. The molecule has 1 atom stereocenters. The smallest absolute Gasteiger partial charge is 0.0623 e. The Morgan fingerprint density at radius 1 is 1.11 bits per heavy atom. The summed E-state index contributed by atoms with van der Waals surface area (Å²) in [5, 5.41) is 0. The van der Waals surface area contributed by atoms with Crippen LogP contribution in [-0.4, -0.2) is 4.21 Å². The minimum atomic E-state index is -1.09. The number of anilines is 1. The Labute approximate surface area is 110 Å². The Bertz CT molecular complexity index is 593. The van der Waals surface area contributed by atoms with Gasteiger partial charge in [0.15, 0.2) is 0 Å². The molecule has 2 aromatic carbocycles. The summed E-state index contributed by atoms with van der Waals surface area (Å²) >= 11 is 0. The largest absolute Gasteiger partial charge is 0.398 e. The van der Waals surface area contributed by atoms with E-state index in [-0.39, 0.29) is 0 Å². The molecule has 0 aliphatic heterocycles. The van der Waals surface area contributed by atoms with Crippen LogP contribution < -0.4 is 5.73 Å². The molecule has 2 N–H and O–H groups in total. The van der Waals surface area contributed by atoms with E-state index in [1.165, 1.54) is 5.56 Å². The van der Waals surface area contributed by atoms with Crippen LogP contribution >= 0.6 is 0 Å². The predicted octanol–water partition coefficient (Wildman–Crippen LogP) is 3.19. The van der Waals surface area contributed by atoms with Gasteiger partial charge in [-0.15, -0.1) is 0 Å². The van der Waals surface area contributed by atoms with Gasteiger partial charge in [-0.2, -0.15) is 0 Å². The second kappa shape index (κ2) is 5.36. The molecule has 0 fully saturated rings. The van der Waals surface area contributed by atoms with Gasteiger partial charge >= 0.3 is 0 Å². The van der Waals surface area contributed by atoms with Crippen molar-refractivity contribution in [3.05, 3.63) is 59.2 Å². The highest BCUT2D eigenvalue weighted by molar-refractivity contribution is 7.84. The summed E-state index contributed by atoms with van der Waals surface area (Å²) in [5.74, 6) is 0.509. The molecule has 2 aromatic rings. The Morgan fingerprint density at radius 2 is 1.83 bits per heavy atom. The number of hydrogen-bond donors (Lipinski definition) is 1. The maximum absolute atomic E-state index is 12.3. The molecule has 0 bridgehead atoms. The molecule has 0 aliphatic carbocycles. The van der Waals surface area contributed by atoms with Crippen LogP contribution in [0.2, 0.25) is 0 Å². The maximum atomic E-state index is 12.3. The minimum Gasteiger partial charge on any atom is -0.398 e. The summed E-state index contributed by atoms with van der Waals surface area (Å²) in [4.78, 5) is 0.733. The molecule has 0 saturated carbocycles. The molecule has 94 valence electrons. The summed E-state index contributed by atoms with van der Waals surface area (Å²) in [6, 6.07) is 13.8. The van der Waals surface area contributed by atoms with Crippen molar-refractivity contribution < 1.29 is 4.21 Å². The van der Waals surface area contributed by atoms with Crippen LogP contribution in [0.1, 0.15) is 16.7 Å². The lowest BCUT2D eigenvalue weighted by Gasteiger charge is -2.08. The van der Waals surface area contributed by atoms with Crippen LogP contribution in [0.25, 0.3) is 0 Å². The molecule has 0 radical (unpaired) electrons. The Kier molecular flexibility index (Phi) is 3.82. The lowest BCUT2D eigenvalue weighted by molar-refractivity contribution is 0.683. The van der Waals surface area contributed by atoms with Gasteiger partial charge in [-0.25, -0.2) is 0 Å². The zero-order valence-corrected chi connectivity index (χ0v) is 11.5. The van der Waals surface area contributed by atoms with E-state index in [2.05, 4.69) is 6.07 Å². The van der Waals surface area contributed by atoms with E-state index in [1.807, 2.05) is 50.2 Å². The molecule has 0 amide bonds. The van der Waals surface area contributed by atoms with Crippen molar-refractivity contribution in [2.24, 2.45) is 0 Å². The number of aryl methyl sites for hydroxylation is 2. The van der Waals surface area contributed by atoms with Gasteiger partial charge < -0.3 is 5.73 Å². The first-order chi connectivity index (χ1) is 8.58. The van der Waals surface area contributed by atoms with Gasteiger partial charge in [-0.1, -0.05) is 42.0 Å². The third-order valence-corrected chi connectivity index (χ3v) is 4.35. The van der Waals surface area contributed by atoms with Gasteiger partial charge in [0.1, 0.15) is 0 Å². The van der Waals surface area contributed by atoms with Crippen LogP contribution in [0.4, 0.5) is 5.69 Å². The van der Waals surface area contributed by atoms with Gasteiger partial charge in [-0.3, -0.25) is 4.21 Å². The van der Waals surface area contributed by atoms with Crippen molar-refractivity contribution in [1.82, 2.24) is 0 Å². The van der Waals surface area contributed by atoms with Crippen molar-refractivity contribution in [1.29, 1.82) is 0 Å². The van der Waals surface area contributed by atoms with E-state index in [0.29, 0.717) is 11.4 Å².